The quantitative estimate of drug-likeness (QED) is 0.0330. The molecule has 0 spiro atoms. The SMILES string of the molecule is CCCCC(NC(C)=O)C(=O)N[C@H]1CC(=O)NCCCC[C@@H](C(N)=O)NC(=O)[C@H](Cc2c[nH]c3ccccc23)NC(=O)[C@H](CCCN=C(N)N)NC(=O)[C@@H](Cc2ccc3ccccc3c2)NC(=O)[C@H](Cc2cnc[nH]2)NC1=O. The molecular formula is C54H71N15O9. The van der Waals surface area contributed by atoms with Gasteiger partial charge in [-0.3, -0.25) is 48.1 Å². The second-order valence-corrected chi connectivity index (χ2v) is 19.4. The Bertz CT molecular complexity index is 2940. The van der Waals surface area contributed by atoms with E-state index in [-0.39, 0.29) is 76.8 Å². The van der Waals surface area contributed by atoms with Crippen molar-refractivity contribution in [1.82, 2.24) is 57.5 Å². The highest BCUT2D eigenvalue weighted by molar-refractivity contribution is 5.99. The summed E-state index contributed by atoms with van der Waals surface area (Å²) < 4.78 is 0. The number of benzene rings is 3. The van der Waals surface area contributed by atoms with E-state index in [1.54, 1.807) is 12.3 Å². The molecule has 24 nitrogen and oxygen atoms in total. The second-order valence-electron chi connectivity index (χ2n) is 19.4. The number of H-pyrrole nitrogens is 2. The number of imidazole rings is 1. The number of amides is 9. The van der Waals surface area contributed by atoms with E-state index >= 15 is 0 Å². The zero-order valence-electron chi connectivity index (χ0n) is 43.8. The first-order valence-corrected chi connectivity index (χ1v) is 26.2. The van der Waals surface area contributed by atoms with Gasteiger partial charge < -0.3 is 69.7 Å². The van der Waals surface area contributed by atoms with E-state index in [0.717, 1.165) is 21.7 Å². The fraction of sp³-hybridized carbons (Fsp3) is 0.426. The van der Waals surface area contributed by atoms with Crippen LogP contribution in [0, 0.1) is 0 Å². The zero-order valence-corrected chi connectivity index (χ0v) is 43.8. The minimum atomic E-state index is -1.59. The average molecular weight is 1070 g/mol. The molecule has 6 rings (SSSR count). The lowest BCUT2D eigenvalue weighted by Gasteiger charge is -2.28. The Hall–Kier alpha value is -8.83. The highest BCUT2D eigenvalue weighted by atomic mass is 16.2. The summed E-state index contributed by atoms with van der Waals surface area (Å²) in [5.74, 6) is -7.13. The van der Waals surface area contributed by atoms with E-state index in [1.807, 2.05) is 67.6 Å². The molecule has 7 atom stereocenters. The molecule has 0 radical (unpaired) electrons. The van der Waals surface area contributed by atoms with E-state index in [2.05, 4.69) is 62.5 Å². The lowest BCUT2D eigenvalue weighted by molar-refractivity contribution is -0.136. The number of unbranched alkanes of at least 4 members (excludes halogenated alkanes) is 1. The van der Waals surface area contributed by atoms with Gasteiger partial charge in [0.05, 0.1) is 12.7 Å². The molecule has 1 fully saturated rings. The van der Waals surface area contributed by atoms with Gasteiger partial charge in [-0.05, 0) is 66.5 Å². The number of nitrogens with one attached hydrogen (secondary N) is 10. The number of nitrogens with zero attached hydrogens (tertiary/aromatic N) is 2. The van der Waals surface area contributed by atoms with Crippen LogP contribution < -0.4 is 59.7 Å². The van der Waals surface area contributed by atoms with Crippen molar-refractivity contribution < 1.29 is 43.2 Å². The predicted octanol–water partition coefficient (Wildman–Crippen LogP) is -0.0951. The number of carbonyl (C=O) groups excluding carboxylic acids is 9. The first-order chi connectivity index (χ1) is 37.5. The predicted molar refractivity (Wildman–Crippen MR) is 291 cm³/mol. The highest BCUT2D eigenvalue weighted by Crippen LogP contribution is 2.21. The van der Waals surface area contributed by atoms with E-state index in [0.29, 0.717) is 29.7 Å². The number of aromatic nitrogens is 3. The normalized spacial score (nSPS) is 20.9. The molecule has 3 aromatic carbocycles. The first kappa shape index (κ1) is 58.4. The van der Waals surface area contributed by atoms with Crippen LogP contribution in [0.1, 0.15) is 88.5 Å². The van der Waals surface area contributed by atoms with E-state index in [4.69, 9.17) is 17.2 Å². The molecule has 1 saturated heterocycles. The number of aromatic amines is 2. The number of guanidine groups is 1. The van der Waals surface area contributed by atoms with Crippen LogP contribution in [0.25, 0.3) is 21.7 Å². The Labute approximate surface area is 450 Å². The summed E-state index contributed by atoms with van der Waals surface area (Å²) >= 11 is 0. The first-order valence-electron chi connectivity index (χ1n) is 26.2. The largest absolute Gasteiger partial charge is 0.370 e. The van der Waals surface area contributed by atoms with Gasteiger partial charge in [-0.2, -0.15) is 0 Å². The zero-order chi connectivity index (χ0) is 56.1. The number of carbonyl (C=O) groups is 9. The highest BCUT2D eigenvalue weighted by Gasteiger charge is 2.35. The number of primary amides is 1. The Kier molecular flexibility index (Phi) is 21.6. The second kappa shape index (κ2) is 28.9. The molecule has 1 unspecified atom stereocenters. The molecule has 3 heterocycles. The van der Waals surface area contributed by atoms with Crippen molar-refractivity contribution in [3.8, 4) is 0 Å². The monoisotopic (exact) mass is 1070 g/mol. The molecule has 0 bridgehead atoms. The summed E-state index contributed by atoms with van der Waals surface area (Å²) in [6.07, 6.45) is 5.65. The van der Waals surface area contributed by atoms with Crippen LogP contribution in [0.2, 0.25) is 0 Å². The number of hydrogen-bond acceptors (Lipinski definition) is 11. The summed E-state index contributed by atoms with van der Waals surface area (Å²) in [5, 5.41) is 24.3. The van der Waals surface area contributed by atoms with E-state index < -0.39 is 102 Å². The number of para-hydroxylation sites is 1. The maximum absolute atomic E-state index is 15.0. The lowest BCUT2D eigenvalue weighted by Crippen LogP contribution is -2.61. The minimum Gasteiger partial charge on any atom is -0.370 e. The number of rotatable bonds is 17. The molecule has 416 valence electrons. The summed E-state index contributed by atoms with van der Waals surface area (Å²) in [5.41, 5.74) is 19.5. The lowest BCUT2D eigenvalue weighted by atomic mass is 9.99. The topological polar surface area (TPSA) is 385 Å². The summed E-state index contributed by atoms with van der Waals surface area (Å²) in [4.78, 5) is 140. The Balaban J connectivity index is 1.41. The van der Waals surface area contributed by atoms with Crippen LogP contribution in [0.3, 0.4) is 0 Å². The van der Waals surface area contributed by atoms with Crippen molar-refractivity contribution in [1.29, 1.82) is 0 Å². The van der Waals surface area contributed by atoms with Crippen molar-refractivity contribution in [2.75, 3.05) is 13.1 Å². The summed E-state index contributed by atoms with van der Waals surface area (Å²) in [6.45, 7) is 3.25. The average Bonchev–Trinajstić information content (AvgIpc) is 4.10. The van der Waals surface area contributed by atoms with Crippen LogP contribution in [-0.4, -0.2) is 129 Å². The van der Waals surface area contributed by atoms with Crippen molar-refractivity contribution >= 4 is 80.8 Å². The van der Waals surface area contributed by atoms with Crippen LogP contribution in [0.4, 0.5) is 0 Å². The van der Waals surface area contributed by atoms with Crippen molar-refractivity contribution in [3.05, 3.63) is 102 Å². The molecule has 0 aliphatic carbocycles. The fourth-order valence-corrected chi connectivity index (χ4v) is 9.15. The molecule has 24 heteroatoms. The summed E-state index contributed by atoms with van der Waals surface area (Å²) in [6, 6.07) is 10.9. The van der Waals surface area contributed by atoms with Gasteiger partial charge in [0, 0.05) is 68.3 Å². The van der Waals surface area contributed by atoms with E-state index in [1.165, 1.54) is 19.4 Å². The number of aliphatic imine (C=N–C) groups is 1. The molecular weight excluding hydrogens is 1000 g/mol. The summed E-state index contributed by atoms with van der Waals surface area (Å²) in [7, 11) is 0. The third-order valence-electron chi connectivity index (χ3n) is 13.3. The minimum absolute atomic E-state index is 0.0366. The van der Waals surface area contributed by atoms with Crippen LogP contribution >= 0.6 is 0 Å². The van der Waals surface area contributed by atoms with Gasteiger partial charge in [0.15, 0.2) is 5.96 Å². The standard InChI is InChI=1S/C54H71N15O9/c1-3-4-15-40(63-31(2)70)48(73)69-45-27-46(71)59-21-10-9-17-39(47(55)72)64-51(76)43(25-35-28-61-38-16-8-7-14-37(35)38)67-49(74)41(18-11-22-60-54(56)57)65-50(75)42(24-32-19-20-33-12-5-6-13-34(33)23-32)66-52(77)44(68-53(45)78)26-36-29-58-30-62-36/h5-8,12-14,16,19-20,23,28-30,39-45,61H,3-4,9-11,15,17-18,21-22,24-27H2,1-2H3,(H2,55,72)(H,58,62)(H,59,71)(H,63,70)(H,64,76)(H,65,75)(H,66,77)(H,67,74)(H,68,78)(H,69,73)(H4,56,57,60)/t39-,40?,41-,42+,43-,44-,45-/m0/s1. The van der Waals surface area contributed by atoms with Gasteiger partial charge in [-0.25, -0.2) is 4.98 Å². The van der Waals surface area contributed by atoms with Crippen LogP contribution in [0.5, 0.6) is 0 Å². The maximum atomic E-state index is 15.0. The van der Waals surface area contributed by atoms with Crippen molar-refractivity contribution in [2.24, 2.45) is 22.2 Å². The fourth-order valence-electron chi connectivity index (χ4n) is 9.15. The van der Waals surface area contributed by atoms with Crippen molar-refractivity contribution in [3.63, 3.8) is 0 Å². The van der Waals surface area contributed by atoms with Crippen LogP contribution in [-0.2, 0) is 62.4 Å². The Morgan fingerprint density at radius 3 is 2.12 bits per heavy atom. The third kappa shape index (κ3) is 17.6. The van der Waals surface area contributed by atoms with E-state index in [9.17, 15) is 43.2 Å². The third-order valence-corrected chi connectivity index (χ3v) is 13.3. The molecule has 78 heavy (non-hydrogen) atoms. The van der Waals surface area contributed by atoms with Crippen LogP contribution in [0.15, 0.2) is 90.4 Å². The van der Waals surface area contributed by atoms with Crippen molar-refractivity contribution in [2.45, 2.75) is 133 Å². The van der Waals surface area contributed by atoms with Gasteiger partial charge in [-0.15, -0.1) is 0 Å². The Morgan fingerprint density at radius 2 is 1.41 bits per heavy atom. The number of nitrogens with two attached hydrogens (primary N) is 3. The van der Waals surface area contributed by atoms with Gasteiger partial charge >= 0.3 is 0 Å². The van der Waals surface area contributed by atoms with Gasteiger partial charge in [-0.1, -0.05) is 80.4 Å². The maximum Gasteiger partial charge on any atom is 0.243 e. The molecule has 9 amide bonds. The van der Waals surface area contributed by atoms with Gasteiger partial charge in [0.25, 0.3) is 0 Å². The smallest absolute Gasteiger partial charge is 0.243 e. The molecule has 5 aromatic rings. The molecule has 2 aromatic heterocycles. The molecule has 0 saturated carbocycles. The molecule has 1 aliphatic heterocycles. The Morgan fingerprint density at radius 1 is 0.744 bits per heavy atom. The molecule has 16 N–H and O–H groups in total. The van der Waals surface area contributed by atoms with Gasteiger partial charge in [0.2, 0.25) is 53.2 Å². The molecule has 1 aliphatic rings. The number of hydrogen-bond donors (Lipinski definition) is 13. The number of fused-ring (bicyclic) bond motifs is 2. The van der Waals surface area contributed by atoms with Gasteiger partial charge in [0.1, 0.15) is 42.3 Å².